The van der Waals surface area contributed by atoms with Crippen LogP contribution in [0.2, 0.25) is 0 Å². The fraction of sp³-hybridized carbons (Fsp3) is 0.435. The Kier molecular flexibility index (Phi) is 6.48. The van der Waals surface area contributed by atoms with Crippen LogP contribution in [0.15, 0.2) is 41.8 Å². The van der Waals surface area contributed by atoms with Crippen molar-refractivity contribution in [1.29, 1.82) is 0 Å². The van der Waals surface area contributed by atoms with E-state index in [-0.39, 0.29) is 18.6 Å². The second kappa shape index (κ2) is 9.30. The van der Waals surface area contributed by atoms with Gasteiger partial charge >= 0.3 is 6.03 Å². The van der Waals surface area contributed by atoms with Crippen molar-refractivity contribution >= 4 is 29.2 Å². The minimum absolute atomic E-state index is 0.0217. The van der Waals surface area contributed by atoms with E-state index in [1.54, 1.807) is 54.5 Å². The number of methoxy groups -OCH3 is 1. The highest BCUT2D eigenvalue weighted by molar-refractivity contribution is 7.09. The number of hydrogen-bond acceptors (Lipinski definition) is 6. The van der Waals surface area contributed by atoms with Gasteiger partial charge in [-0.05, 0) is 48.9 Å². The van der Waals surface area contributed by atoms with Gasteiger partial charge in [0.1, 0.15) is 17.8 Å². The van der Waals surface area contributed by atoms with Gasteiger partial charge in [-0.3, -0.25) is 14.5 Å². The molecule has 0 bridgehead atoms. The first-order chi connectivity index (χ1) is 15.4. The molecule has 1 aromatic carbocycles. The molecule has 0 saturated carbocycles. The van der Waals surface area contributed by atoms with Gasteiger partial charge in [0, 0.05) is 18.0 Å². The SMILES string of the molecule is COc1ccc(C2(C)NC(=O)N(CC(=O)N(Cc3cccs3)CC3CCCO3)C2=O)cc1. The van der Waals surface area contributed by atoms with Gasteiger partial charge < -0.3 is 19.7 Å². The lowest BCUT2D eigenvalue weighted by molar-refractivity contribution is -0.140. The monoisotopic (exact) mass is 457 g/mol. The van der Waals surface area contributed by atoms with E-state index in [2.05, 4.69) is 5.32 Å². The molecule has 0 aliphatic carbocycles. The number of carbonyl (C=O) groups excluding carboxylic acids is 3. The highest BCUT2D eigenvalue weighted by Crippen LogP contribution is 2.30. The van der Waals surface area contributed by atoms with Crippen LogP contribution in [0.4, 0.5) is 4.79 Å². The van der Waals surface area contributed by atoms with Crippen molar-refractivity contribution in [3.05, 3.63) is 52.2 Å². The summed E-state index contributed by atoms with van der Waals surface area (Å²) in [6.45, 7) is 2.90. The summed E-state index contributed by atoms with van der Waals surface area (Å²) in [5.74, 6) is -0.0786. The molecule has 4 amide bonds. The summed E-state index contributed by atoms with van der Waals surface area (Å²) < 4.78 is 10.9. The van der Waals surface area contributed by atoms with Crippen LogP contribution in [-0.4, -0.2) is 60.6 Å². The summed E-state index contributed by atoms with van der Waals surface area (Å²) in [4.78, 5) is 42.9. The number of thiophene rings is 1. The van der Waals surface area contributed by atoms with Crippen molar-refractivity contribution in [2.45, 2.75) is 38.0 Å². The van der Waals surface area contributed by atoms with Crippen LogP contribution in [0.25, 0.3) is 0 Å². The van der Waals surface area contributed by atoms with Crippen LogP contribution >= 0.6 is 11.3 Å². The van der Waals surface area contributed by atoms with Crippen molar-refractivity contribution in [2.24, 2.45) is 0 Å². The zero-order valence-corrected chi connectivity index (χ0v) is 19.0. The third kappa shape index (κ3) is 4.49. The molecule has 32 heavy (non-hydrogen) atoms. The van der Waals surface area contributed by atoms with Crippen LogP contribution in [0.1, 0.15) is 30.2 Å². The van der Waals surface area contributed by atoms with Gasteiger partial charge in [-0.1, -0.05) is 18.2 Å². The molecule has 0 radical (unpaired) electrons. The molecule has 1 aromatic heterocycles. The highest BCUT2D eigenvalue weighted by atomic mass is 32.1. The topological polar surface area (TPSA) is 88.2 Å². The molecule has 3 heterocycles. The van der Waals surface area contributed by atoms with E-state index < -0.39 is 17.5 Å². The van der Waals surface area contributed by atoms with Crippen LogP contribution in [0, 0.1) is 0 Å². The van der Waals surface area contributed by atoms with E-state index in [0.29, 0.717) is 31.0 Å². The average molecular weight is 458 g/mol. The normalized spacial score (nSPS) is 22.8. The minimum Gasteiger partial charge on any atom is -0.497 e. The predicted molar refractivity (Wildman–Crippen MR) is 119 cm³/mol. The molecule has 170 valence electrons. The number of benzene rings is 1. The standard InChI is InChI=1S/C23H27N3O5S/c1-23(16-7-9-17(30-2)10-8-16)21(28)26(22(29)24-23)15-20(27)25(13-18-5-3-11-31-18)14-19-6-4-12-32-19/h4,6-10,12,18H,3,5,11,13-15H2,1-2H3,(H,24,29). The molecule has 9 heteroatoms. The number of hydrogen-bond donors (Lipinski definition) is 1. The van der Waals surface area contributed by atoms with Crippen molar-refractivity contribution < 1.29 is 23.9 Å². The number of ether oxygens (including phenoxy) is 2. The summed E-state index contributed by atoms with van der Waals surface area (Å²) in [5.41, 5.74) is -0.613. The number of amides is 4. The maximum Gasteiger partial charge on any atom is 0.325 e. The van der Waals surface area contributed by atoms with Gasteiger partial charge in [0.15, 0.2) is 0 Å². The Labute approximate surface area is 191 Å². The molecule has 2 unspecified atom stereocenters. The lowest BCUT2D eigenvalue weighted by Crippen LogP contribution is -2.46. The van der Waals surface area contributed by atoms with Crippen LogP contribution in [-0.2, 0) is 26.4 Å². The number of nitrogens with zero attached hydrogens (tertiary/aromatic N) is 2. The van der Waals surface area contributed by atoms with Crippen molar-refractivity contribution in [3.63, 3.8) is 0 Å². The lowest BCUT2D eigenvalue weighted by Gasteiger charge is -2.27. The predicted octanol–water partition coefficient (Wildman–Crippen LogP) is 2.73. The Bertz CT molecular complexity index is 972. The largest absolute Gasteiger partial charge is 0.497 e. The zero-order chi connectivity index (χ0) is 22.7. The Balaban J connectivity index is 1.49. The van der Waals surface area contributed by atoms with E-state index in [4.69, 9.17) is 9.47 Å². The molecule has 8 nitrogen and oxygen atoms in total. The van der Waals surface area contributed by atoms with E-state index in [9.17, 15) is 14.4 Å². The molecule has 2 atom stereocenters. The Morgan fingerprint density at radius 1 is 1.31 bits per heavy atom. The maximum absolute atomic E-state index is 13.2. The summed E-state index contributed by atoms with van der Waals surface area (Å²) in [7, 11) is 1.56. The van der Waals surface area contributed by atoms with Crippen molar-refractivity contribution in [1.82, 2.24) is 15.1 Å². The third-order valence-electron chi connectivity index (χ3n) is 5.96. The summed E-state index contributed by atoms with van der Waals surface area (Å²) >= 11 is 1.57. The first kappa shape index (κ1) is 22.3. The van der Waals surface area contributed by atoms with Gasteiger partial charge in [-0.2, -0.15) is 0 Å². The molecule has 2 saturated heterocycles. The number of carbonyl (C=O) groups is 3. The number of nitrogens with one attached hydrogen (secondary N) is 1. The van der Waals surface area contributed by atoms with Crippen LogP contribution in [0.5, 0.6) is 5.75 Å². The minimum atomic E-state index is -1.24. The van der Waals surface area contributed by atoms with Crippen molar-refractivity contribution in [3.8, 4) is 5.75 Å². The third-order valence-corrected chi connectivity index (χ3v) is 6.82. The van der Waals surface area contributed by atoms with E-state index in [1.165, 1.54) is 0 Å². The molecule has 4 rings (SSSR count). The summed E-state index contributed by atoms with van der Waals surface area (Å²) in [6.07, 6.45) is 1.85. The number of rotatable bonds is 8. The van der Waals surface area contributed by atoms with Gasteiger partial charge in [0.25, 0.3) is 5.91 Å². The van der Waals surface area contributed by atoms with Crippen LogP contribution in [0.3, 0.4) is 0 Å². The lowest BCUT2D eigenvalue weighted by atomic mass is 9.92. The fourth-order valence-electron chi connectivity index (χ4n) is 4.08. The van der Waals surface area contributed by atoms with Gasteiger partial charge in [-0.15, -0.1) is 11.3 Å². The Hall–Kier alpha value is -2.91. The first-order valence-corrected chi connectivity index (χ1v) is 11.5. The molecule has 1 N–H and O–H groups in total. The maximum atomic E-state index is 13.2. The van der Waals surface area contributed by atoms with Crippen LogP contribution < -0.4 is 10.1 Å². The molecular weight excluding hydrogens is 430 g/mol. The first-order valence-electron chi connectivity index (χ1n) is 10.6. The molecular formula is C23H27N3O5S. The highest BCUT2D eigenvalue weighted by Gasteiger charge is 2.49. The van der Waals surface area contributed by atoms with E-state index in [0.717, 1.165) is 22.6 Å². The zero-order valence-electron chi connectivity index (χ0n) is 18.2. The van der Waals surface area contributed by atoms with Gasteiger partial charge in [0.05, 0.1) is 19.8 Å². The Morgan fingerprint density at radius 2 is 2.09 bits per heavy atom. The fourth-order valence-corrected chi connectivity index (χ4v) is 4.79. The summed E-state index contributed by atoms with van der Waals surface area (Å²) in [6, 6.07) is 10.3. The van der Waals surface area contributed by atoms with Gasteiger partial charge in [-0.25, -0.2) is 4.79 Å². The molecule has 2 aliphatic heterocycles. The quantitative estimate of drug-likeness (QED) is 0.616. The smallest absolute Gasteiger partial charge is 0.325 e. The second-order valence-corrected chi connectivity index (χ2v) is 9.20. The van der Waals surface area contributed by atoms with E-state index >= 15 is 0 Å². The molecule has 2 aliphatic rings. The molecule has 2 aromatic rings. The van der Waals surface area contributed by atoms with Crippen molar-refractivity contribution in [2.75, 3.05) is 26.8 Å². The molecule has 0 spiro atoms. The van der Waals surface area contributed by atoms with E-state index in [1.807, 2.05) is 17.5 Å². The number of urea groups is 1. The average Bonchev–Trinajstić information content (AvgIpc) is 3.54. The van der Waals surface area contributed by atoms with Gasteiger partial charge in [0.2, 0.25) is 5.91 Å². The molecule has 2 fully saturated rings. The second-order valence-electron chi connectivity index (χ2n) is 8.16. The summed E-state index contributed by atoms with van der Waals surface area (Å²) in [5, 5.41) is 4.71. The Morgan fingerprint density at radius 3 is 2.72 bits per heavy atom. The number of imide groups is 1.